The first-order chi connectivity index (χ1) is 17.5. The van der Waals surface area contributed by atoms with Crippen molar-refractivity contribution in [3.63, 3.8) is 0 Å². The van der Waals surface area contributed by atoms with Gasteiger partial charge in [-0.25, -0.2) is 0 Å². The number of hydrogen-bond acceptors (Lipinski definition) is 4. The molecule has 6 rings (SSSR count). The van der Waals surface area contributed by atoms with Crippen LogP contribution in [0.15, 0.2) is 42.5 Å². The van der Waals surface area contributed by atoms with Crippen molar-refractivity contribution in [2.75, 3.05) is 25.2 Å². The second-order valence-electron chi connectivity index (χ2n) is 13.5. The van der Waals surface area contributed by atoms with Crippen LogP contribution in [0.25, 0.3) is 0 Å². The van der Waals surface area contributed by atoms with Crippen molar-refractivity contribution in [1.82, 2.24) is 0 Å². The summed E-state index contributed by atoms with van der Waals surface area (Å²) in [5.41, 5.74) is 4.64. The van der Waals surface area contributed by atoms with Crippen molar-refractivity contribution in [2.24, 2.45) is 17.8 Å². The highest BCUT2D eigenvalue weighted by Crippen LogP contribution is 2.62. The normalized spacial score (nSPS) is 26.7. The standard InChI is InChI=1S/C32H44N2O2Si/c1-31(2,3)37(5,6)36-14-13-34(27-9-7-23(22-33)8-10-27)28-11-12-30(35-4)29(18-28)32-19-24-15-25(20-32)17-26(16-24)21-32/h7-12,18,24-26H,13-17,19-21H2,1-6H3. The molecule has 198 valence electrons. The quantitative estimate of drug-likeness (QED) is 0.332. The smallest absolute Gasteiger partial charge is 0.192 e. The van der Waals surface area contributed by atoms with Gasteiger partial charge in [-0.05, 0) is 122 Å². The summed E-state index contributed by atoms with van der Waals surface area (Å²) < 4.78 is 12.6. The first kappa shape index (κ1) is 26.3. The Morgan fingerprint density at radius 2 is 1.51 bits per heavy atom. The second-order valence-corrected chi connectivity index (χ2v) is 18.3. The lowest BCUT2D eigenvalue weighted by molar-refractivity contribution is -0.00613. The molecule has 0 radical (unpaired) electrons. The van der Waals surface area contributed by atoms with E-state index in [1.807, 2.05) is 19.2 Å². The van der Waals surface area contributed by atoms with Crippen LogP contribution in [-0.4, -0.2) is 28.6 Å². The molecule has 4 aliphatic rings. The third kappa shape index (κ3) is 5.08. The van der Waals surface area contributed by atoms with Crippen LogP contribution in [0.2, 0.25) is 18.1 Å². The van der Waals surface area contributed by atoms with Gasteiger partial charge < -0.3 is 14.1 Å². The molecule has 0 aliphatic heterocycles. The van der Waals surface area contributed by atoms with E-state index in [0.29, 0.717) is 12.2 Å². The predicted molar refractivity (Wildman–Crippen MR) is 154 cm³/mol. The monoisotopic (exact) mass is 516 g/mol. The maximum absolute atomic E-state index is 9.34. The van der Waals surface area contributed by atoms with Crippen LogP contribution in [0.4, 0.5) is 11.4 Å². The van der Waals surface area contributed by atoms with Crippen molar-refractivity contribution in [3.8, 4) is 11.8 Å². The Labute approximate surface area is 225 Å². The number of nitrogens with zero attached hydrogens (tertiary/aromatic N) is 2. The minimum atomic E-state index is -1.85. The van der Waals surface area contributed by atoms with Crippen molar-refractivity contribution < 1.29 is 9.16 Å². The summed E-state index contributed by atoms with van der Waals surface area (Å²) in [5, 5.41) is 9.52. The average molecular weight is 517 g/mol. The molecule has 2 aromatic carbocycles. The molecule has 0 amide bonds. The molecular weight excluding hydrogens is 472 g/mol. The molecule has 2 aromatic rings. The van der Waals surface area contributed by atoms with Gasteiger partial charge in [0.05, 0.1) is 25.3 Å². The highest BCUT2D eigenvalue weighted by atomic mass is 28.4. The maximum Gasteiger partial charge on any atom is 0.192 e. The summed E-state index contributed by atoms with van der Waals surface area (Å²) in [5.74, 6) is 3.69. The highest BCUT2D eigenvalue weighted by Gasteiger charge is 2.52. The summed E-state index contributed by atoms with van der Waals surface area (Å²) in [7, 11) is -0.0274. The third-order valence-electron chi connectivity index (χ3n) is 10.00. The molecule has 0 aromatic heterocycles. The lowest BCUT2D eigenvalue weighted by Gasteiger charge is -2.57. The molecule has 4 bridgehead atoms. The summed E-state index contributed by atoms with van der Waals surface area (Å²) in [6.07, 6.45) is 8.23. The van der Waals surface area contributed by atoms with E-state index in [0.717, 1.165) is 35.7 Å². The fraction of sp³-hybridized carbons (Fsp3) is 0.594. The summed E-state index contributed by atoms with van der Waals surface area (Å²) in [6.45, 7) is 13.0. The third-order valence-corrected chi connectivity index (χ3v) is 14.5. The zero-order chi connectivity index (χ0) is 26.4. The Bertz CT molecular complexity index is 1120. The number of ether oxygens (including phenoxy) is 1. The van der Waals surface area contributed by atoms with E-state index >= 15 is 0 Å². The molecule has 4 saturated carbocycles. The molecule has 4 nitrogen and oxygen atoms in total. The SMILES string of the molecule is COc1ccc(N(CCO[Si](C)(C)C(C)(C)C)c2ccc(C#N)cc2)cc1C12CC3CC(CC(C3)C1)C2. The van der Waals surface area contributed by atoms with Gasteiger partial charge in [-0.3, -0.25) is 0 Å². The van der Waals surface area contributed by atoms with Gasteiger partial charge in [-0.15, -0.1) is 0 Å². The lowest BCUT2D eigenvalue weighted by Crippen LogP contribution is -2.48. The number of anilines is 2. The fourth-order valence-corrected chi connectivity index (χ4v) is 8.49. The van der Waals surface area contributed by atoms with Crippen molar-refractivity contribution in [3.05, 3.63) is 53.6 Å². The van der Waals surface area contributed by atoms with Crippen LogP contribution < -0.4 is 9.64 Å². The molecule has 4 aliphatic carbocycles. The van der Waals surface area contributed by atoms with Crippen LogP contribution in [0.5, 0.6) is 5.75 Å². The van der Waals surface area contributed by atoms with E-state index in [1.165, 1.54) is 49.8 Å². The lowest BCUT2D eigenvalue weighted by atomic mass is 9.48. The van der Waals surface area contributed by atoms with Gasteiger partial charge in [0.1, 0.15) is 5.75 Å². The molecule has 0 heterocycles. The Morgan fingerprint density at radius 3 is 2.03 bits per heavy atom. The van der Waals surface area contributed by atoms with Crippen molar-refractivity contribution in [2.45, 2.75) is 82.8 Å². The van der Waals surface area contributed by atoms with E-state index in [-0.39, 0.29) is 10.5 Å². The largest absolute Gasteiger partial charge is 0.496 e. The molecule has 5 heteroatoms. The topological polar surface area (TPSA) is 45.5 Å². The van der Waals surface area contributed by atoms with Crippen LogP contribution in [0, 0.1) is 29.1 Å². The van der Waals surface area contributed by atoms with Gasteiger partial charge in [0.2, 0.25) is 0 Å². The Hall–Kier alpha value is -2.29. The molecule has 0 spiro atoms. The fourth-order valence-electron chi connectivity index (χ4n) is 7.45. The minimum Gasteiger partial charge on any atom is -0.496 e. The molecule has 0 N–H and O–H groups in total. The van der Waals surface area contributed by atoms with E-state index < -0.39 is 8.32 Å². The van der Waals surface area contributed by atoms with E-state index in [2.05, 4.69) is 75.2 Å². The maximum atomic E-state index is 9.34. The molecular formula is C32H44N2O2Si. The van der Waals surface area contributed by atoms with Crippen LogP contribution in [0.3, 0.4) is 0 Å². The number of rotatable bonds is 8. The predicted octanol–water partition coefficient (Wildman–Crippen LogP) is 8.19. The Balaban J connectivity index is 1.49. The first-order valence-electron chi connectivity index (χ1n) is 14.1. The van der Waals surface area contributed by atoms with Crippen molar-refractivity contribution >= 4 is 19.7 Å². The summed E-state index contributed by atoms with van der Waals surface area (Å²) in [4.78, 5) is 2.37. The van der Waals surface area contributed by atoms with Crippen LogP contribution >= 0.6 is 0 Å². The van der Waals surface area contributed by atoms with Crippen molar-refractivity contribution in [1.29, 1.82) is 5.26 Å². The van der Waals surface area contributed by atoms with Crippen LogP contribution in [-0.2, 0) is 9.84 Å². The average Bonchev–Trinajstić information content (AvgIpc) is 2.85. The Morgan fingerprint density at radius 1 is 0.946 bits per heavy atom. The highest BCUT2D eigenvalue weighted by molar-refractivity contribution is 6.74. The van der Waals surface area contributed by atoms with Gasteiger partial charge in [-0.1, -0.05) is 20.8 Å². The van der Waals surface area contributed by atoms with Gasteiger partial charge in [0, 0.05) is 23.5 Å². The number of benzene rings is 2. The zero-order valence-electron chi connectivity index (χ0n) is 23.6. The Kier molecular flexibility index (Phi) is 6.96. The van der Waals surface area contributed by atoms with Gasteiger partial charge in [-0.2, -0.15) is 5.26 Å². The molecule has 37 heavy (non-hydrogen) atoms. The van der Waals surface area contributed by atoms with Gasteiger partial charge in [0.25, 0.3) is 0 Å². The molecule has 0 unspecified atom stereocenters. The number of hydrogen-bond donors (Lipinski definition) is 0. The van der Waals surface area contributed by atoms with E-state index in [4.69, 9.17) is 9.16 Å². The molecule has 0 saturated heterocycles. The van der Waals surface area contributed by atoms with Crippen LogP contribution in [0.1, 0.15) is 70.4 Å². The zero-order valence-corrected chi connectivity index (χ0v) is 24.6. The van der Waals surface area contributed by atoms with E-state index in [9.17, 15) is 5.26 Å². The molecule has 4 fully saturated rings. The minimum absolute atomic E-state index is 0.179. The molecule has 0 atom stereocenters. The second kappa shape index (κ2) is 9.78. The van der Waals surface area contributed by atoms with Gasteiger partial charge >= 0.3 is 0 Å². The number of nitriles is 1. The van der Waals surface area contributed by atoms with E-state index in [1.54, 1.807) is 0 Å². The summed E-state index contributed by atoms with van der Waals surface area (Å²) >= 11 is 0. The first-order valence-corrected chi connectivity index (χ1v) is 17.0. The summed E-state index contributed by atoms with van der Waals surface area (Å²) in [6, 6.07) is 17.0. The number of methoxy groups -OCH3 is 1. The van der Waals surface area contributed by atoms with Gasteiger partial charge in [0.15, 0.2) is 8.32 Å².